The van der Waals surface area contributed by atoms with E-state index in [4.69, 9.17) is 14.2 Å². The minimum absolute atomic E-state index is 0.0746. The van der Waals surface area contributed by atoms with Crippen LogP contribution in [0.1, 0.15) is 29.8 Å². The Hall–Kier alpha value is -3.05. The van der Waals surface area contributed by atoms with Crippen molar-refractivity contribution in [1.82, 2.24) is 5.32 Å². The summed E-state index contributed by atoms with van der Waals surface area (Å²) in [5, 5.41) is 5.10. The second-order valence-electron chi connectivity index (χ2n) is 6.85. The maximum Gasteiger partial charge on any atom is 0.251 e. The molecule has 1 amide bonds. The molecule has 0 bridgehead atoms. The summed E-state index contributed by atoms with van der Waals surface area (Å²) in [6.45, 7) is 5.14. The van der Waals surface area contributed by atoms with Crippen molar-refractivity contribution in [2.75, 3.05) is 20.3 Å². The molecule has 0 aliphatic carbocycles. The molecule has 3 aromatic carbocycles. The van der Waals surface area contributed by atoms with Crippen LogP contribution in [-0.2, 0) is 11.3 Å². The Bertz CT molecular complexity index is 965. The third kappa shape index (κ3) is 5.27. The van der Waals surface area contributed by atoms with E-state index in [1.54, 1.807) is 13.2 Å². The number of carbonyl (C=O) groups excluding carboxylic acids is 1. The number of fused-ring (bicyclic) bond motifs is 1. The van der Waals surface area contributed by atoms with E-state index in [9.17, 15) is 4.79 Å². The molecular formula is C24H27NO4. The van der Waals surface area contributed by atoms with Crippen LogP contribution in [0, 0.1) is 0 Å². The van der Waals surface area contributed by atoms with Gasteiger partial charge in [0.2, 0.25) is 0 Å². The summed E-state index contributed by atoms with van der Waals surface area (Å²) in [7, 11) is 1.61. The Morgan fingerprint density at radius 2 is 1.79 bits per heavy atom. The van der Waals surface area contributed by atoms with Crippen LogP contribution < -0.4 is 14.8 Å². The molecule has 0 aliphatic rings. The Morgan fingerprint density at radius 1 is 1.00 bits per heavy atom. The highest BCUT2D eigenvalue weighted by molar-refractivity contribution is 5.94. The highest BCUT2D eigenvalue weighted by Crippen LogP contribution is 2.28. The minimum atomic E-state index is -0.149. The molecule has 0 aliphatic heterocycles. The Morgan fingerprint density at radius 3 is 2.59 bits per heavy atom. The lowest BCUT2D eigenvalue weighted by atomic mass is 10.1. The van der Waals surface area contributed by atoms with Gasteiger partial charge in [-0.3, -0.25) is 4.79 Å². The van der Waals surface area contributed by atoms with Crippen LogP contribution in [0.3, 0.4) is 0 Å². The Kier molecular flexibility index (Phi) is 7.09. The molecule has 5 heteroatoms. The number of ether oxygens (including phenoxy) is 3. The fraction of sp³-hybridized carbons (Fsp3) is 0.292. The first-order valence-electron chi connectivity index (χ1n) is 9.78. The molecule has 3 rings (SSSR count). The molecule has 0 fully saturated rings. The Labute approximate surface area is 171 Å². The standard InChI is InChI=1S/C24H27NO4/c1-4-28-22-13-12-19(24(26)25-17(2)15-27-3)14-20(22)16-29-23-11-7-9-18-8-5-6-10-21(18)23/h5-14,17H,4,15-16H2,1-3H3,(H,25,26)/t17-/m1/s1. The first kappa shape index (κ1) is 20.7. The molecule has 0 spiro atoms. The largest absolute Gasteiger partial charge is 0.493 e. The lowest BCUT2D eigenvalue weighted by molar-refractivity contribution is 0.0905. The number of hydrogen-bond acceptors (Lipinski definition) is 4. The van der Waals surface area contributed by atoms with E-state index in [1.165, 1.54) is 0 Å². The van der Waals surface area contributed by atoms with Crippen molar-refractivity contribution >= 4 is 16.7 Å². The van der Waals surface area contributed by atoms with Gasteiger partial charge in [-0.15, -0.1) is 0 Å². The maximum absolute atomic E-state index is 12.6. The van der Waals surface area contributed by atoms with Crippen LogP contribution in [0.5, 0.6) is 11.5 Å². The molecule has 0 aromatic heterocycles. The SMILES string of the molecule is CCOc1ccc(C(=O)N[C@H](C)COC)cc1COc1cccc2ccccc12. The zero-order valence-corrected chi connectivity index (χ0v) is 17.1. The number of methoxy groups -OCH3 is 1. The lowest BCUT2D eigenvalue weighted by Crippen LogP contribution is -2.35. The van der Waals surface area contributed by atoms with Crippen molar-refractivity contribution in [3.05, 3.63) is 71.8 Å². The second-order valence-corrected chi connectivity index (χ2v) is 6.85. The van der Waals surface area contributed by atoms with Gasteiger partial charge in [-0.25, -0.2) is 0 Å². The van der Waals surface area contributed by atoms with Gasteiger partial charge in [0.1, 0.15) is 18.1 Å². The van der Waals surface area contributed by atoms with E-state index in [1.807, 2.05) is 56.3 Å². The van der Waals surface area contributed by atoms with Gasteiger partial charge in [0, 0.05) is 29.7 Å². The third-order valence-corrected chi connectivity index (χ3v) is 4.55. The number of rotatable bonds is 9. The molecule has 0 saturated carbocycles. The summed E-state index contributed by atoms with van der Waals surface area (Å²) >= 11 is 0. The second kappa shape index (κ2) is 9.94. The van der Waals surface area contributed by atoms with Gasteiger partial charge in [0.25, 0.3) is 5.91 Å². The van der Waals surface area contributed by atoms with Gasteiger partial charge >= 0.3 is 0 Å². The van der Waals surface area contributed by atoms with Crippen LogP contribution in [-0.4, -0.2) is 32.3 Å². The summed E-state index contributed by atoms with van der Waals surface area (Å²) in [5.74, 6) is 1.37. The fourth-order valence-electron chi connectivity index (χ4n) is 3.21. The van der Waals surface area contributed by atoms with Gasteiger partial charge in [0.05, 0.1) is 13.2 Å². The molecular weight excluding hydrogens is 366 g/mol. The molecule has 1 N–H and O–H groups in total. The average Bonchev–Trinajstić information content (AvgIpc) is 2.73. The van der Waals surface area contributed by atoms with E-state index in [-0.39, 0.29) is 11.9 Å². The van der Waals surface area contributed by atoms with Crippen molar-refractivity contribution in [1.29, 1.82) is 0 Å². The maximum atomic E-state index is 12.6. The van der Waals surface area contributed by atoms with Gasteiger partial charge in [-0.2, -0.15) is 0 Å². The molecule has 152 valence electrons. The molecule has 0 radical (unpaired) electrons. The van der Waals surface area contributed by atoms with Crippen LogP contribution in [0.2, 0.25) is 0 Å². The van der Waals surface area contributed by atoms with Crippen LogP contribution >= 0.6 is 0 Å². The lowest BCUT2D eigenvalue weighted by Gasteiger charge is -2.16. The summed E-state index contributed by atoms with van der Waals surface area (Å²) in [4.78, 5) is 12.6. The molecule has 29 heavy (non-hydrogen) atoms. The van der Waals surface area contributed by atoms with Crippen LogP contribution in [0.15, 0.2) is 60.7 Å². The predicted octanol–water partition coefficient (Wildman–Crippen LogP) is 4.58. The number of hydrogen-bond donors (Lipinski definition) is 1. The molecule has 1 atom stereocenters. The fourth-order valence-corrected chi connectivity index (χ4v) is 3.21. The van der Waals surface area contributed by atoms with Crippen molar-refractivity contribution in [2.24, 2.45) is 0 Å². The van der Waals surface area contributed by atoms with Crippen LogP contribution in [0.4, 0.5) is 0 Å². The highest BCUT2D eigenvalue weighted by atomic mass is 16.5. The van der Waals surface area contributed by atoms with E-state index in [0.717, 1.165) is 22.1 Å². The van der Waals surface area contributed by atoms with Crippen molar-refractivity contribution in [3.63, 3.8) is 0 Å². The number of benzene rings is 3. The number of nitrogens with one attached hydrogen (secondary N) is 1. The van der Waals surface area contributed by atoms with Gasteiger partial charge in [-0.1, -0.05) is 36.4 Å². The van der Waals surface area contributed by atoms with Gasteiger partial charge in [-0.05, 0) is 43.5 Å². The first-order chi connectivity index (χ1) is 14.1. The van der Waals surface area contributed by atoms with Crippen molar-refractivity contribution in [2.45, 2.75) is 26.5 Å². The molecule has 3 aromatic rings. The predicted molar refractivity (Wildman–Crippen MR) is 115 cm³/mol. The summed E-state index contributed by atoms with van der Waals surface area (Å²) in [6, 6.07) is 19.4. The zero-order valence-electron chi connectivity index (χ0n) is 17.1. The topological polar surface area (TPSA) is 56.8 Å². The van der Waals surface area contributed by atoms with E-state index in [0.29, 0.717) is 31.1 Å². The van der Waals surface area contributed by atoms with E-state index in [2.05, 4.69) is 17.4 Å². The summed E-state index contributed by atoms with van der Waals surface area (Å²) < 4.78 is 16.9. The van der Waals surface area contributed by atoms with Gasteiger partial charge < -0.3 is 19.5 Å². The molecule has 0 saturated heterocycles. The first-order valence-corrected chi connectivity index (χ1v) is 9.78. The smallest absolute Gasteiger partial charge is 0.251 e. The zero-order chi connectivity index (χ0) is 20.6. The number of amides is 1. The monoisotopic (exact) mass is 393 g/mol. The molecule has 0 unspecified atom stereocenters. The summed E-state index contributed by atoms with van der Waals surface area (Å²) in [6.07, 6.45) is 0. The summed E-state index contributed by atoms with van der Waals surface area (Å²) in [5.41, 5.74) is 1.39. The van der Waals surface area contributed by atoms with Crippen molar-refractivity contribution in [3.8, 4) is 11.5 Å². The van der Waals surface area contributed by atoms with Crippen LogP contribution in [0.25, 0.3) is 10.8 Å². The molecule has 0 heterocycles. The van der Waals surface area contributed by atoms with Gasteiger partial charge in [0.15, 0.2) is 0 Å². The average molecular weight is 393 g/mol. The van der Waals surface area contributed by atoms with E-state index < -0.39 is 0 Å². The minimum Gasteiger partial charge on any atom is -0.493 e. The third-order valence-electron chi connectivity index (χ3n) is 4.55. The van der Waals surface area contributed by atoms with Crippen molar-refractivity contribution < 1.29 is 19.0 Å². The normalized spacial score (nSPS) is 11.8. The quantitative estimate of drug-likeness (QED) is 0.578. The van der Waals surface area contributed by atoms with E-state index >= 15 is 0 Å². The Balaban J connectivity index is 1.81. The number of carbonyl (C=O) groups is 1. The highest BCUT2D eigenvalue weighted by Gasteiger charge is 2.14. The molecule has 5 nitrogen and oxygen atoms in total.